The second-order valence-corrected chi connectivity index (χ2v) is 9.63. The Hall–Kier alpha value is -3.13. The van der Waals surface area contributed by atoms with Gasteiger partial charge in [-0.25, -0.2) is 14.2 Å². The summed E-state index contributed by atoms with van der Waals surface area (Å²) in [7, 11) is -3.69. The Labute approximate surface area is 218 Å². The normalized spacial score (nSPS) is 12.5. The minimum absolute atomic E-state index is 0.179. The van der Waals surface area contributed by atoms with Gasteiger partial charge in [0, 0.05) is 0 Å². The first kappa shape index (κ1) is 28.4. The number of aromatic nitrogens is 3. The van der Waals surface area contributed by atoms with Gasteiger partial charge in [0.2, 0.25) is 0 Å². The number of phosphoric ester groups is 1. The van der Waals surface area contributed by atoms with Crippen molar-refractivity contribution in [2.45, 2.75) is 38.8 Å². The van der Waals surface area contributed by atoms with Crippen molar-refractivity contribution in [3.63, 3.8) is 0 Å². The number of nitrogens with zero attached hydrogens (tertiary/aromatic N) is 3. The molecule has 4 rings (SSSR count). The minimum Gasteiger partial charge on any atom is -0.321 e. The summed E-state index contributed by atoms with van der Waals surface area (Å²) in [5.41, 5.74) is 8.95. The molecule has 1 aromatic heterocycles. The van der Waals surface area contributed by atoms with E-state index in [0.29, 0.717) is 5.82 Å². The average molecular weight is 523 g/mol. The number of rotatable bonds is 10. The van der Waals surface area contributed by atoms with Gasteiger partial charge >= 0.3 is 7.82 Å². The van der Waals surface area contributed by atoms with Gasteiger partial charge in [0.15, 0.2) is 5.82 Å². The van der Waals surface area contributed by atoms with E-state index in [4.69, 9.17) is 15.7 Å². The van der Waals surface area contributed by atoms with Crippen LogP contribution in [-0.2, 0) is 19.2 Å². The van der Waals surface area contributed by atoms with Gasteiger partial charge in [-0.15, -0.1) is 0 Å². The van der Waals surface area contributed by atoms with E-state index < -0.39 is 13.4 Å². The third-order valence-electron chi connectivity index (χ3n) is 5.78. The molecule has 1 unspecified atom stereocenters. The topological polar surface area (TPSA) is 112 Å². The Kier molecular flexibility index (Phi) is 10.3. The molecule has 4 aromatic rings. The second kappa shape index (κ2) is 13.4. The summed E-state index contributed by atoms with van der Waals surface area (Å²) in [5.74, 6) is 0.662. The van der Waals surface area contributed by atoms with Crippen LogP contribution in [0, 0.1) is 0 Å². The van der Waals surface area contributed by atoms with E-state index in [1.54, 1.807) is 20.2 Å². The molecule has 8 nitrogen and oxygen atoms in total. The number of hydrogen-bond donors (Lipinski definition) is 2. The van der Waals surface area contributed by atoms with Crippen LogP contribution in [0.15, 0.2) is 97.3 Å². The highest BCUT2D eigenvalue weighted by Crippen LogP contribution is 2.42. The molecule has 37 heavy (non-hydrogen) atoms. The zero-order chi connectivity index (χ0) is 26.7. The summed E-state index contributed by atoms with van der Waals surface area (Å²) in [6.45, 7) is 5.68. The average Bonchev–Trinajstić information content (AvgIpc) is 3.41. The number of benzene rings is 3. The Morgan fingerprint density at radius 3 is 1.59 bits per heavy atom. The molecule has 0 bridgehead atoms. The van der Waals surface area contributed by atoms with Crippen LogP contribution in [0.2, 0.25) is 0 Å². The molecule has 0 aliphatic heterocycles. The zero-order valence-corrected chi connectivity index (χ0v) is 22.4. The van der Waals surface area contributed by atoms with E-state index in [9.17, 15) is 4.57 Å². The lowest BCUT2D eigenvalue weighted by atomic mass is 9.77. The highest BCUT2D eigenvalue weighted by molar-refractivity contribution is 7.47. The van der Waals surface area contributed by atoms with Crippen molar-refractivity contribution in [1.29, 1.82) is 0 Å². The maximum atomic E-state index is 10.5. The van der Waals surface area contributed by atoms with Gasteiger partial charge < -0.3 is 10.6 Å². The number of hydrogen-bond acceptors (Lipinski definition) is 6. The van der Waals surface area contributed by atoms with Gasteiger partial charge in [-0.05, 0) is 37.0 Å². The first-order valence-electron chi connectivity index (χ1n) is 12.3. The molecule has 0 spiro atoms. The van der Waals surface area contributed by atoms with E-state index >= 15 is 0 Å². The van der Waals surface area contributed by atoms with Crippen molar-refractivity contribution >= 4 is 7.82 Å². The molecule has 3 N–H and O–H groups in total. The Morgan fingerprint density at radius 2 is 1.24 bits per heavy atom. The molecular weight excluding hydrogens is 487 g/mol. The largest absolute Gasteiger partial charge is 0.472 e. The summed E-state index contributed by atoms with van der Waals surface area (Å²) in [5, 5.41) is 4.86. The Balaban J connectivity index is 0.000000364. The summed E-state index contributed by atoms with van der Waals surface area (Å²) < 4.78 is 21.2. The van der Waals surface area contributed by atoms with Crippen LogP contribution in [0.25, 0.3) is 0 Å². The van der Waals surface area contributed by atoms with Crippen LogP contribution in [0.4, 0.5) is 0 Å². The lowest BCUT2D eigenvalue weighted by molar-refractivity contribution is 0.161. The van der Waals surface area contributed by atoms with Gasteiger partial charge in [0.1, 0.15) is 11.9 Å². The maximum Gasteiger partial charge on any atom is 0.472 e. The second-order valence-electron chi connectivity index (χ2n) is 8.17. The molecule has 0 aliphatic carbocycles. The molecule has 0 aliphatic rings. The van der Waals surface area contributed by atoms with E-state index in [1.165, 1.54) is 0 Å². The minimum atomic E-state index is -3.69. The SMILES string of the molecule is CCC(N)c1ncn(C(c2ccccc2)(c2ccccc2)c2ccccc2)n1.CCOP(=O)(O)OCC. The fourth-order valence-electron chi connectivity index (χ4n) is 4.09. The molecule has 196 valence electrons. The summed E-state index contributed by atoms with van der Waals surface area (Å²) in [6, 6.07) is 31.1. The smallest absolute Gasteiger partial charge is 0.321 e. The van der Waals surface area contributed by atoms with Gasteiger partial charge in [0.05, 0.1) is 19.3 Å². The van der Waals surface area contributed by atoms with E-state index in [0.717, 1.165) is 23.1 Å². The quantitative estimate of drug-likeness (QED) is 0.203. The molecule has 1 heterocycles. The number of phosphoric acid groups is 1. The van der Waals surface area contributed by atoms with Crippen molar-refractivity contribution < 1.29 is 18.5 Å². The van der Waals surface area contributed by atoms with Gasteiger partial charge in [-0.3, -0.25) is 9.05 Å². The van der Waals surface area contributed by atoms with Crippen molar-refractivity contribution in [3.05, 3.63) is 120 Å². The van der Waals surface area contributed by atoms with Crippen molar-refractivity contribution in [2.75, 3.05) is 13.2 Å². The first-order chi connectivity index (χ1) is 17.9. The number of nitrogens with two attached hydrogens (primary N) is 1. The van der Waals surface area contributed by atoms with Crippen molar-refractivity contribution in [3.8, 4) is 0 Å². The van der Waals surface area contributed by atoms with Crippen molar-refractivity contribution in [2.24, 2.45) is 5.73 Å². The third kappa shape index (κ3) is 6.80. The monoisotopic (exact) mass is 522 g/mol. The highest BCUT2D eigenvalue weighted by Gasteiger charge is 2.39. The Morgan fingerprint density at radius 1 is 0.838 bits per heavy atom. The predicted molar refractivity (Wildman–Crippen MR) is 145 cm³/mol. The van der Waals surface area contributed by atoms with Crippen LogP contribution < -0.4 is 5.73 Å². The van der Waals surface area contributed by atoms with Crippen LogP contribution in [0.1, 0.15) is 55.7 Å². The first-order valence-corrected chi connectivity index (χ1v) is 13.8. The van der Waals surface area contributed by atoms with Crippen LogP contribution in [0.5, 0.6) is 0 Å². The molecule has 0 fully saturated rings. The molecule has 9 heteroatoms. The highest BCUT2D eigenvalue weighted by atomic mass is 31.2. The molecule has 3 aromatic carbocycles. The molecule has 0 radical (unpaired) electrons. The summed E-state index contributed by atoms with van der Waals surface area (Å²) >= 11 is 0. The fourth-order valence-corrected chi connectivity index (χ4v) is 4.82. The Bertz CT molecular complexity index is 1150. The molecule has 0 saturated heterocycles. The maximum absolute atomic E-state index is 10.5. The van der Waals surface area contributed by atoms with E-state index in [-0.39, 0.29) is 19.3 Å². The van der Waals surface area contributed by atoms with Crippen LogP contribution >= 0.6 is 7.82 Å². The molecular formula is C28H35N4O4P. The van der Waals surface area contributed by atoms with Crippen molar-refractivity contribution in [1.82, 2.24) is 14.8 Å². The molecule has 0 saturated carbocycles. The third-order valence-corrected chi connectivity index (χ3v) is 6.95. The predicted octanol–water partition coefficient (Wildman–Crippen LogP) is 5.69. The summed E-state index contributed by atoms with van der Waals surface area (Å²) in [4.78, 5) is 13.2. The van der Waals surface area contributed by atoms with Crippen LogP contribution in [0.3, 0.4) is 0 Å². The standard InChI is InChI=1S/C24H24N4.C4H11O4P/c1-2-22(25)23-26-18-28(27-23)24(19-12-6-3-7-13-19,20-14-8-4-9-15-20)21-16-10-5-11-17-21;1-3-7-9(5,6)8-4-2/h3-18,22H,2,25H2,1H3;3-4H2,1-2H3,(H,5,6). The van der Waals surface area contributed by atoms with Crippen LogP contribution in [-0.4, -0.2) is 32.9 Å². The van der Waals surface area contributed by atoms with Gasteiger partial charge in [-0.2, -0.15) is 5.10 Å². The lowest BCUT2D eigenvalue weighted by Crippen LogP contribution is -2.38. The molecule has 1 atom stereocenters. The van der Waals surface area contributed by atoms with Gasteiger partial charge in [0.25, 0.3) is 0 Å². The van der Waals surface area contributed by atoms with E-state index in [1.807, 2.05) is 29.8 Å². The van der Waals surface area contributed by atoms with Gasteiger partial charge in [-0.1, -0.05) is 97.9 Å². The van der Waals surface area contributed by atoms with E-state index in [2.05, 4.69) is 86.8 Å². The summed E-state index contributed by atoms with van der Waals surface area (Å²) in [6.07, 6.45) is 2.59. The molecule has 0 amide bonds. The lowest BCUT2D eigenvalue weighted by Gasteiger charge is -2.35. The zero-order valence-electron chi connectivity index (χ0n) is 21.5. The fraction of sp³-hybridized carbons (Fsp3) is 0.286.